The molecule has 4 rings (SSSR count). The second-order valence-corrected chi connectivity index (χ2v) is 10.1. The summed E-state index contributed by atoms with van der Waals surface area (Å²) in [7, 11) is 0. The van der Waals surface area contributed by atoms with Gasteiger partial charge >= 0.3 is 12.1 Å². The van der Waals surface area contributed by atoms with E-state index in [1.165, 1.54) is 32.4 Å². The summed E-state index contributed by atoms with van der Waals surface area (Å²) in [5.74, 6) is -1.75. The van der Waals surface area contributed by atoms with E-state index >= 15 is 0 Å². The maximum atomic E-state index is 12.8. The van der Waals surface area contributed by atoms with E-state index in [9.17, 15) is 18.0 Å². The summed E-state index contributed by atoms with van der Waals surface area (Å²) in [5.41, 5.74) is 2.27. The van der Waals surface area contributed by atoms with Gasteiger partial charge in [-0.2, -0.15) is 13.2 Å². The molecule has 3 saturated heterocycles. The first kappa shape index (κ1) is 26.5. The molecule has 0 aliphatic carbocycles. The van der Waals surface area contributed by atoms with Gasteiger partial charge in [0.25, 0.3) is 5.91 Å². The lowest BCUT2D eigenvalue weighted by Crippen LogP contribution is -2.44. The molecule has 1 spiro atoms. The Kier molecular flexibility index (Phi) is 8.62. The van der Waals surface area contributed by atoms with E-state index in [1.54, 1.807) is 0 Å². The highest BCUT2D eigenvalue weighted by atomic mass is 19.4. The fraction of sp³-hybridized carbons (Fsp3) is 0.680. The predicted molar refractivity (Wildman–Crippen MR) is 122 cm³/mol. The minimum Gasteiger partial charge on any atom is -0.475 e. The van der Waals surface area contributed by atoms with Gasteiger partial charge < -0.3 is 19.6 Å². The smallest absolute Gasteiger partial charge is 0.475 e. The number of carbonyl (C=O) groups excluding carboxylic acids is 1. The number of likely N-dealkylation sites (tertiary alicyclic amines) is 2. The molecule has 6 nitrogen and oxygen atoms in total. The van der Waals surface area contributed by atoms with Crippen LogP contribution >= 0.6 is 0 Å². The van der Waals surface area contributed by atoms with Crippen molar-refractivity contribution in [3.05, 3.63) is 35.4 Å². The zero-order chi connectivity index (χ0) is 24.9. The van der Waals surface area contributed by atoms with Gasteiger partial charge in [-0.25, -0.2) is 4.79 Å². The molecule has 1 N–H and O–H groups in total. The number of alkyl halides is 3. The van der Waals surface area contributed by atoms with Crippen LogP contribution < -0.4 is 0 Å². The lowest BCUT2D eigenvalue weighted by Gasteiger charge is -2.38. The number of halogens is 3. The summed E-state index contributed by atoms with van der Waals surface area (Å²) < 4.78 is 38.0. The number of aryl methyl sites for hydroxylation is 1. The van der Waals surface area contributed by atoms with Gasteiger partial charge in [0.15, 0.2) is 0 Å². The van der Waals surface area contributed by atoms with Gasteiger partial charge in [-0.15, -0.1) is 0 Å². The van der Waals surface area contributed by atoms with Gasteiger partial charge in [0.2, 0.25) is 0 Å². The molecule has 1 aromatic carbocycles. The van der Waals surface area contributed by atoms with Crippen LogP contribution in [0.2, 0.25) is 0 Å². The van der Waals surface area contributed by atoms with Crippen LogP contribution in [0.4, 0.5) is 13.2 Å². The molecule has 9 heteroatoms. The molecule has 3 heterocycles. The van der Waals surface area contributed by atoms with E-state index in [0.717, 1.165) is 56.1 Å². The molecular formula is C25H35F3N2O4. The van der Waals surface area contributed by atoms with E-state index in [2.05, 4.69) is 11.8 Å². The topological polar surface area (TPSA) is 70.1 Å². The quantitative estimate of drug-likeness (QED) is 0.690. The molecule has 3 aliphatic rings. The number of piperidine rings is 2. The lowest BCUT2D eigenvalue weighted by atomic mass is 9.76. The molecule has 190 valence electrons. The second kappa shape index (κ2) is 11.1. The van der Waals surface area contributed by atoms with Crippen LogP contribution in [0, 0.1) is 18.3 Å². The largest absolute Gasteiger partial charge is 0.490 e. The highest BCUT2D eigenvalue weighted by Crippen LogP contribution is 2.42. The maximum absolute atomic E-state index is 12.8. The molecular weight excluding hydrogens is 449 g/mol. The van der Waals surface area contributed by atoms with Crippen LogP contribution in [-0.2, 0) is 9.53 Å². The van der Waals surface area contributed by atoms with E-state index in [-0.39, 0.29) is 5.91 Å². The number of rotatable bonds is 3. The number of aliphatic carboxylic acids is 1. The molecule has 2 atom stereocenters. The van der Waals surface area contributed by atoms with Crippen molar-refractivity contribution >= 4 is 11.9 Å². The van der Waals surface area contributed by atoms with Crippen LogP contribution in [0.25, 0.3) is 0 Å². The number of carbonyl (C=O) groups is 2. The van der Waals surface area contributed by atoms with E-state index < -0.39 is 12.1 Å². The van der Waals surface area contributed by atoms with Gasteiger partial charge in [-0.1, -0.05) is 24.6 Å². The Hall–Kier alpha value is -2.13. The first-order valence-corrected chi connectivity index (χ1v) is 12.0. The molecule has 3 aliphatic heterocycles. The monoisotopic (exact) mass is 484 g/mol. The van der Waals surface area contributed by atoms with Crippen LogP contribution in [0.3, 0.4) is 0 Å². The average molecular weight is 485 g/mol. The summed E-state index contributed by atoms with van der Waals surface area (Å²) in [5, 5.41) is 7.12. The third-order valence-electron chi connectivity index (χ3n) is 7.11. The highest BCUT2D eigenvalue weighted by Gasteiger charge is 2.43. The van der Waals surface area contributed by atoms with Crippen molar-refractivity contribution in [2.45, 2.75) is 58.2 Å². The minimum absolute atomic E-state index is 0.186. The van der Waals surface area contributed by atoms with Crippen molar-refractivity contribution < 1.29 is 32.6 Å². The molecule has 34 heavy (non-hydrogen) atoms. The number of ether oxygens (including phenoxy) is 1. The maximum Gasteiger partial charge on any atom is 0.490 e. The third kappa shape index (κ3) is 7.18. The lowest BCUT2D eigenvalue weighted by molar-refractivity contribution is -0.192. The zero-order valence-corrected chi connectivity index (χ0v) is 19.9. The second-order valence-electron chi connectivity index (χ2n) is 10.1. The summed E-state index contributed by atoms with van der Waals surface area (Å²) in [6, 6.07) is 7.96. The average Bonchev–Trinajstić information content (AvgIpc) is 3.15. The van der Waals surface area contributed by atoms with Crippen LogP contribution in [-0.4, -0.2) is 78.4 Å². The molecule has 1 aromatic rings. The third-order valence-corrected chi connectivity index (χ3v) is 7.11. The number of carboxylic acid groups (broad SMARTS) is 1. The van der Waals surface area contributed by atoms with E-state index in [4.69, 9.17) is 14.6 Å². The Morgan fingerprint density at radius 3 is 2.47 bits per heavy atom. The van der Waals surface area contributed by atoms with E-state index in [1.807, 2.05) is 36.1 Å². The Morgan fingerprint density at radius 1 is 1.21 bits per heavy atom. The summed E-state index contributed by atoms with van der Waals surface area (Å²) in [4.78, 5) is 26.3. The Morgan fingerprint density at radius 2 is 1.88 bits per heavy atom. The van der Waals surface area contributed by atoms with Gasteiger partial charge in [0, 0.05) is 31.7 Å². The summed E-state index contributed by atoms with van der Waals surface area (Å²) in [6.45, 7) is 10.6. The molecule has 2 unspecified atom stereocenters. The molecule has 0 radical (unpaired) electrons. The van der Waals surface area contributed by atoms with Crippen molar-refractivity contribution in [1.82, 2.24) is 9.80 Å². The zero-order valence-electron chi connectivity index (χ0n) is 19.9. The van der Waals surface area contributed by atoms with Crippen molar-refractivity contribution in [2.24, 2.45) is 11.3 Å². The SMILES string of the molecule is Cc1cccc(C(=O)N2CCC3(CC2)COC(CN2CCCC(C)C2)C3)c1.O=C(O)C(F)(F)F. The molecule has 0 bridgehead atoms. The van der Waals surface area contributed by atoms with E-state index in [0.29, 0.717) is 11.5 Å². The number of benzene rings is 1. The number of hydrogen-bond acceptors (Lipinski definition) is 4. The Bertz CT molecular complexity index is 853. The molecule has 0 aromatic heterocycles. The first-order chi connectivity index (χ1) is 16.0. The van der Waals surface area contributed by atoms with Crippen molar-refractivity contribution in [3.63, 3.8) is 0 Å². The number of nitrogens with zero attached hydrogens (tertiary/aromatic N) is 2. The van der Waals surface area contributed by atoms with Crippen molar-refractivity contribution in [3.8, 4) is 0 Å². The van der Waals surface area contributed by atoms with Crippen LogP contribution in [0.5, 0.6) is 0 Å². The van der Waals surface area contributed by atoms with Crippen molar-refractivity contribution in [1.29, 1.82) is 0 Å². The standard InChI is InChI=1S/C23H34N2O2.C2HF3O2/c1-18-5-3-7-20(13-18)22(26)25-11-8-23(9-12-25)14-21(27-17-23)16-24-10-4-6-19(2)15-24;3-2(4,5)1(6)7/h3,5,7,13,19,21H,4,6,8-12,14-17H2,1-2H3;(H,6,7). The fourth-order valence-electron chi connectivity index (χ4n) is 5.25. The first-order valence-electron chi connectivity index (χ1n) is 12.0. The van der Waals surface area contributed by atoms with Crippen LogP contribution in [0.1, 0.15) is 54.9 Å². The van der Waals surface area contributed by atoms with Gasteiger partial charge in [0.05, 0.1) is 12.7 Å². The number of amides is 1. The highest BCUT2D eigenvalue weighted by molar-refractivity contribution is 5.94. The Balaban J connectivity index is 0.000000406. The Labute approximate surface area is 199 Å². The molecule has 0 saturated carbocycles. The van der Waals surface area contributed by atoms with Crippen LogP contribution in [0.15, 0.2) is 24.3 Å². The predicted octanol–water partition coefficient (Wildman–Crippen LogP) is 4.37. The fourth-order valence-corrected chi connectivity index (χ4v) is 5.25. The molecule has 3 fully saturated rings. The van der Waals surface area contributed by atoms with Gasteiger partial charge in [-0.3, -0.25) is 4.79 Å². The minimum atomic E-state index is -5.08. The van der Waals surface area contributed by atoms with Gasteiger partial charge in [-0.05, 0) is 69.0 Å². The number of carboxylic acids is 1. The van der Waals surface area contributed by atoms with Gasteiger partial charge in [0.1, 0.15) is 0 Å². The molecule has 1 amide bonds. The normalized spacial score (nSPS) is 25.0. The number of hydrogen-bond donors (Lipinski definition) is 1. The summed E-state index contributed by atoms with van der Waals surface area (Å²) in [6.07, 6.45) is 1.33. The van der Waals surface area contributed by atoms with Crippen molar-refractivity contribution in [2.75, 3.05) is 39.3 Å². The summed E-state index contributed by atoms with van der Waals surface area (Å²) >= 11 is 0.